The van der Waals surface area contributed by atoms with Gasteiger partial charge >= 0.3 is 18.0 Å². The van der Waals surface area contributed by atoms with E-state index in [-0.39, 0.29) is 21.0 Å². The number of alkyl halides is 6. The van der Waals surface area contributed by atoms with E-state index in [4.69, 9.17) is 11.6 Å². The fourth-order valence-electron chi connectivity index (χ4n) is 2.82. The summed E-state index contributed by atoms with van der Waals surface area (Å²) in [6.07, 6.45) is -9.80. The Morgan fingerprint density at radius 2 is 1.73 bits per heavy atom. The molecule has 1 amide bonds. The highest BCUT2D eigenvalue weighted by Gasteiger charge is 2.39. The van der Waals surface area contributed by atoms with Gasteiger partial charge in [-0.3, -0.25) is 19.1 Å². The zero-order valence-corrected chi connectivity index (χ0v) is 17.7. The van der Waals surface area contributed by atoms with Crippen LogP contribution in [0.4, 0.5) is 36.4 Å². The number of aromatic nitrogens is 2. The minimum Gasteiger partial charge on any atom is -0.292 e. The third kappa shape index (κ3) is 5.08. The van der Waals surface area contributed by atoms with Crippen LogP contribution in [0.5, 0.6) is 0 Å². The molecule has 1 aromatic heterocycles. The Balaban J connectivity index is 2.17. The number of nitrogens with zero attached hydrogens (tertiary/aromatic N) is 4. The average molecular weight is 519 g/mol. The molecular formula is C17H10ClF7N4O3S. The second kappa shape index (κ2) is 8.52. The molecule has 0 spiro atoms. The Morgan fingerprint density at radius 3 is 2.30 bits per heavy atom. The number of thioether (sulfide) groups is 1. The molecule has 1 saturated heterocycles. The lowest BCUT2D eigenvalue weighted by molar-refractivity contribution is -0.150. The lowest BCUT2D eigenvalue weighted by Crippen LogP contribution is -2.41. The Bertz CT molecular complexity index is 1280. The Morgan fingerprint density at radius 1 is 1.09 bits per heavy atom. The lowest BCUT2D eigenvalue weighted by Gasteiger charge is -2.18. The smallest absolute Gasteiger partial charge is 0.292 e. The van der Waals surface area contributed by atoms with E-state index in [1.165, 1.54) is 0 Å². The van der Waals surface area contributed by atoms with E-state index in [1.54, 1.807) is 0 Å². The summed E-state index contributed by atoms with van der Waals surface area (Å²) in [5.41, 5.74) is -5.90. The van der Waals surface area contributed by atoms with Gasteiger partial charge in [-0.05, 0) is 12.1 Å². The quantitative estimate of drug-likeness (QED) is 0.583. The van der Waals surface area contributed by atoms with Gasteiger partial charge < -0.3 is 0 Å². The standard InChI is InChI=1S/C17H10ClF7N4O3S/c1-27-11(17(23,24)25)4-12(30)29(15(27)32)10-3-9(7(18)2-8(10)19)26-14-28(6-16(20,21)22)13(31)5-33-14/h2-4H,5-6H2,1H3. The molecule has 0 radical (unpaired) electrons. The predicted octanol–water partition coefficient (Wildman–Crippen LogP) is 3.47. The molecule has 0 N–H and O–H groups in total. The highest BCUT2D eigenvalue weighted by molar-refractivity contribution is 8.15. The largest absolute Gasteiger partial charge is 0.431 e. The minimum atomic E-state index is -5.05. The molecule has 1 fully saturated rings. The van der Waals surface area contributed by atoms with Gasteiger partial charge in [0.1, 0.15) is 18.1 Å². The van der Waals surface area contributed by atoms with Gasteiger partial charge in [-0.2, -0.15) is 26.3 Å². The topological polar surface area (TPSA) is 76.7 Å². The normalized spacial score (nSPS) is 16.2. The molecule has 0 saturated carbocycles. The van der Waals surface area contributed by atoms with E-state index < -0.39 is 69.1 Å². The van der Waals surface area contributed by atoms with Crippen LogP contribution in [0.1, 0.15) is 5.69 Å². The van der Waals surface area contributed by atoms with Gasteiger partial charge in [-0.1, -0.05) is 23.4 Å². The predicted molar refractivity (Wildman–Crippen MR) is 105 cm³/mol. The van der Waals surface area contributed by atoms with Crippen molar-refractivity contribution in [2.75, 3.05) is 12.3 Å². The van der Waals surface area contributed by atoms with Crippen molar-refractivity contribution >= 4 is 40.1 Å². The molecule has 3 rings (SSSR count). The van der Waals surface area contributed by atoms with Gasteiger partial charge in [0.25, 0.3) is 5.56 Å². The maximum Gasteiger partial charge on any atom is 0.431 e. The van der Waals surface area contributed by atoms with Crippen molar-refractivity contribution in [3.05, 3.63) is 55.6 Å². The third-order valence-electron chi connectivity index (χ3n) is 4.28. The lowest BCUT2D eigenvalue weighted by atomic mass is 10.2. The monoisotopic (exact) mass is 518 g/mol. The van der Waals surface area contributed by atoms with E-state index >= 15 is 0 Å². The first-order valence-corrected chi connectivity index (χ1v) is 9.95. The van der Waals surface area contributed by atoms with Crippen LogP contribution in [0.2, 0.25) is 5.02 Å². The highest BCUT2D eigenvalue weighted by Crippen LogP contribution is 2.33. The van der Waals surface area contributed by atoms with Crippen molar-refractivity contribution in [2.45, 2.75) is 12.4 Å². The van der Waals surface area contributed by atoms with Crippen molar-refractivity contribution < 1.29 is 35.5 Å². The first-order valence-electron chi connectivity index (χ1n) is 8.58. The number of amides is 1. The number of hydrogen-bond donors (Lipinski definition) is 0. The number of carbonyl (C=O) groups is 1. The maximum absolute atomic E-state index is 14.5. The van der Waals surface area contributed by atoms with E-state index in [1.807, 2.05) is 0 Å². The molecule has 2 aromatic rings. The number of hydrogen-bond acceptors (Lipinski definition) is 5. The van der Waals surface area contributed by atoms with Gasteiger partial charge in [0, 0.05) is 13.1 Å². The van der Waals surface area contributed by atoms with Crippen LogP contribution in [0.25, 0.3) is 5.69 Å². The molecular weight excluding hydrogens is 509 g/mol. The van der Waals surface area contributed by atoms with E-state index in [0.717, 1.165) is 0 Å². The Hall–Kier alpha value is -2.81. The summed E-state index contributed by atoms with van der Waals surface area (Å²) >= 11 is 6.52. The van der Waals surface area contributed by atoms with Crippen molar-refractivity contribution in [1.29, 1.82) is 0 Å². The molecule has 0 bridgehead atoms. The maximum atomic E-state index is 14.5. The highest BCUT2D eigenvalue weighted by atomic mass is 35.5. The van der Waals surface area contributed by atoms with Gasteiger partial charge in [0.05, 0.1) is 22.2 Å². The molecule has 178 valence electrons. The summed E-state index contributed by atoms with van der Waals surface area (Å²) in [7, 11) is 0.714. The molecule has 0 unspecified atom stereocenters. The SMILES string of the molecule is Cn1c(C(F)(F)F)cc(=O)n(-c2cc(N=C3SCC(=O)N3CC(F)(F)F)c(Cl)cc2F)c1=O. The van der Waals surface area contributed by atoms with Gasteiger partial charge in [0.15, 0.2) is 5.17 Å². The summed E-state index contributed by atoms with van der Waals surface area (Å²) in [6.45, 7) is -1.65. The van der Waals surface area contributed by atoms with Crippen LogP contribution >= 0.6 is 23.4 Å². The zero-order valence-electron chi connectivity index (χ0n) is 16.1. The fraction of sp³-hybridized carbons (Fsp3) is 0.294. The summed E-state index contributed by atoms with van der Waals surface area (Å²) in [4.78, 5) is 40.6. The number of amidine groups is 1. The molecule has 16 heteroatoms. The van der Waals surface area contributed by atoms with Crippen LogP contribution in [-0.2, 0) is 18.0 Å². The minimum absolute atomic E-state index is 0.0809. The van der Waals surface area contributed by atoms with Crippen LogP contribution in [-0.4, -0.2) is 43.6 Å². The molecule has 1 aliphatic rings. The van der Waals surface area contributed by atoms with Crippen molar-refractivity contribution in [3.63, 3.8) is 0 Å². The van der Waals surface area contributed by atoms with Crippen molar-refractivity contribution in [3.8, 4) is 5.69 Å². The molecule has 33 heavy (non-hydrogen) atoms. The van der Waals surface area contributed by atoms with Gasteiger partial charge in [0.2, 0.25) is 5.91 Å². The molecule has 0 atom stereocenters. The zero-order chi connectivity index (χ0) is 24.9. The Kier molecular flexibility index (Phi) is 6.41. The summed E-state index contributed by atoms with van der Waals surface area (Å²) in [5.74, 6) is -2.55. The van der Waals surface area contributed by atoms with Crippen molar-refractivity contribution in [2.24, 2.45) is 12.0 Å². The van der Waals surface area contributed by atoms with Crippen LogP contribution in [0.15, 0.2) is 32.8 Å². The Labute approximate surface area is 188 Å². The molecule has 7 nitrogen and oxygen atoms in total. The fourth-order valence-corrected chi connectivity index (χ4v) is 3.91. The first kappa shape index (κ1) is 24.8. The van der Waals surface area contributed by atoms with Crippen LogP contribution in [0.3, 0.4) is 0 Å². The average Bonchev–Trinajstić information content (AvgIpc) is 2.99. The van der Waals surface area contributed by atoms with Crippen LogP contribution in [0, 0.1) is 5.82 Å². The summed E-state index contributed by atoms with van der Waals surface area (Å²) in [5, 5.41) is -0.878. The van der Waals surface area contributed by atoms with Gasteiger partial charge in [-0.25, -0.2) is 18.7 Å². The number of aliphatic imine (C=N–C) groups is 1. The summed E-state index contributed by atoms with van der Waals surface area (Å²) < 4.78 is 92.1. The van der Waals surface area contributed by atoms with E-state index in [9.17, 15) is 45.1 Å². The second-order valence-corrected chi connectivity index (χ2v) is 7.93. The molecule has 1 aliphatic heterocycles. The van der Waals surface area contributed by atoms with E-state index in [0.29, 0.717) is 35.8 Å². The number of benzene rings is 1. The van der Waals surface area contributed by atoms with Crippen molar-refractivity contribution in [1.82, 2.24) is 14.0 Å². The summed E-state index contributed by atoms with van der Waals surface area (Å²) in [6, 6.07) is 1.36. The van der Waals surface area contributed by atoms with Crippen LogP contribution < -0.4 is 11.2 Å². The number of rotatable bonds is 3. The van der Waals surface area contributed by atoms with Gasteiger partial charge in [-0.15, -0.1) is 0 Å². The molecule has 1 aromatic carbocycles. The molecule has 2 heterocycles. The third-order valence-corrected chi connectivity index (χ3v) is 5.54. The second-order valence-electron chi connectivity index (χ2n) is 6.58. The first-order chi connectivity index (χ1) is 15.1. The number of halogens is 8. The number of carbonyl (C=O) groups excluding carboxylic acids is 1. The molecule has 0 aliphatic carbocycles. The van der Waals surface area contributed by atoms with E-state index in [2.05, 4.69) is 4.99 Å².